The maximum absolute atomic E-state index is 13.7. The minimum atomic E-state index is -0.441. The molecule has 0 saturated carbocycles. The van der Waals surface area contributed by atoms with E-state index < -0.39 is 11.2 Å². The standard InChI is InChI=1S/C24H23FN4O3/c1-16-6-2-3-10-20(16)29-22-21(23(30)28(24(29)31)14-19-9-5-11-32-19)27(15-26-22)13-17-7-4-8-18(25)12-17/h2-4,6-8,10,12,15,19H,5,9,11,13-14H2,1H3/t19-/m0/s1. The van der Waals surface area contributed by atoms with Gasteiger partial charge in [-0.25, -0.2) is 18.7 Å². The zero-order chi connectivity index (χ0) is 22.2. The van der Waals surface area contributed by atoms with Crippen molar-refractivity contribution in [2.24, 2.45) is 0 Å². The summed E-state index contributed by atoms with van der Waals surface area (Å²) in [4.78, 5) is 31.5. The van der Waals surface area contributed by atoms with Crippen LogP contribution in [-0.4, -0.2) is 31.4 Å². The van der Waals surface area contributed by atoms with E-state index >= 15 is 0 Å². The van der Waals surface area contributed by atoms with Gasteiger partial charge in [-0.1, -0.05) is 30.3 Å². The Morgan fingerprint density at radius 2 is 2.00 bits per heavy atom. The number of aromatic nitrogens is 4. The lowest BCUT2D eigenvalue weighted by Crippen LogP contribution is -2.42. The third-order valence-corrected chi connectivity index (χ3v) is 5.91. The largest absolute Gasteiger partial charge is 0.376 e. The molecule has 164 valence electrons. The fourth-order valence-electron chi connectivity index (χ4n) is 4.32. The molecule has 32 heavy (non-hydrogen) atoms. The molecule has 8 heteroatoms. The van der Waals surface area contributed by atoms with Gasteiger partial charge in [0.05, 0.1) is 24.7 Å². The Morgan fingerprint density at radius 3 is 2.75 bits per heavy atom. The number of benzene rings is 2. The molecule has 0 amide bonds. The van der Waals surface area contributed by atoms with Crippen molar-refractivity contribution in [1.82, 2.24) is 18.7 Å². The van der Waals surface area contributed by atoms with Crippen LogP contribution in [-0.2, 0) is 17.8 Å². The third kappa shape index (κ3) is 3.56. The van der Waals surface area contributed by atoms with Crippen molar-refractivity contribution in [2.75, 3.05) is 6.61 Å². The van der Waals surface area contributed by atoms with Gasteiger partial charge in [0.1, 0.15) is 5.82 Å². The molecule has 1 atom stereocenters. The van der Waals surface area contributed by atoms with Crippen LogP contribution in [0.25, 0.3) is 16.9 Å². The fraction of sp³-hybridized carbons (Fsp3) is 0.292. The maximum atomic E-state index is 13.7. The lowest BCUT2D eigenvalue weighted by atomic mass is 10.2. The van der Waals surface area contributed by atoms with E-state index in [9.17, 15) is 14.0 Å². The van der Waals surface area contributed by atoms with Crippen molar-refractivity contribution in [3.8, 4) is 5.69 Å². The molecule has 1 aliphatic rings. The summed E-state index contributed by atoms with van der Waals surface area (Å²) >= 11 is 0. The minimum absolute atomic E-state index is 0.178. The fourth-order valence-corrected chi connectivity index (χ4v) is 4.32. The molecule has 1 aliphatic heterocycles. The minimum Gasteiger partial charge on any atom is -0.376 e. The maximum Gasteiger partial charge on any atom is 0.337 e. The number of hydrogen-bond donors (Lipinski definition) is 0. The summed E-state index contributed by atoms with van der Waals surface area (Å²) < 4.78 is 23.8. The number of halogens is 1. The van der Waals surface area contributed by atoms with Crippen molar-refractivity contribution < 1.29 is 9.13 Å². The van der Waals surface area contributed by atoms with E-state index in [-0.39, 0.29) is 30.7 Å². The molecule has 0 radical (unpaired) electrons. The van der Waals surface area contributed by atoms with Gasteiger partial charge in [0, 0.05) is 13.2 Å². The Balaban J connectivity index is 1.75. The van der Waals surface area contributed by atoms with Gasteiger partial charge in [-0.05, 0) is 49.1 Å². The highest BCUT2D eigenvalue weighted by Crippen LogP contribution is 2.19. The summed E-state index contributed by atoms with van der Waals surface area (Å²) in [6, 6.07) is 13.7. The van der Waals surface area contributed by atoms with Crippen LogP contribution >= 0.6 is 0 Å². The molecule has 0 bridgehead atoms. The van der Waals surface area contributed by atoms with E-state index in [1.165, 1.54) is 27.6 Å². The number of rotatable bonds is 5. The van der Waals surface area contributed by atoms with E-state index in [0.717, 1.165) is 18.4 Å². The summed E-state index contributed by atoms with van der Waals surface area (Å²) in [5.74, 6) is -0.348. The lowest BCUT2D eigenvalue weighted by molar-refractivity contribution is 0.0950. The lowest BCUT2D eigenvalue weighted by Gasteiger charge is -2.16. The Labute approximate surface area is 183 Å². The number of nitrogens with zero attached hydrogens (tertiary/aromatic N) is 4. The van der Waals surface area contributed by atoms with Gasteiger partial charge in [-0.3, -0.25) is 9.36 Å². The molecule has 3 heterocycles. The van der Waals surface area contributed by atoms with Crippen LogP contribution in [0.1, 0.15) is 24.0 Å². The highest BCUT2D eigenvalue weighted by Gasteiger charge is 2.24. The summed E-state index contributed by atoms with van der Waals surface area (Å²) in [5, 5.41) is 0. The topological polar surface area (TPSA) is 71.1 Å². The normalized spacial score (nSPS) is 16.1. The first-order chi connectivity index (χ1) is 15.5. The van der Waals surface area contributed by atoms with Crippen LogP contribution in [0, 0.1) is 12.7 Å². The van der Waals surface area contributed by atoms with E-state index in [1.54, 1.807) is 16.7 Å². The van der Waals surface area contributed by atoms with Gasteiger partial charge in [0.15, 0.2) is 11.2 Å². The molecule has 2 aromatic heterocycles. The number of fused-ring (bicyclic) bond motifs is 1. The predicted molar refractivity (Wildman–Crippen MR) is 119 cm³/mol. The molecule has 7 nitrogen and oxygen atoms in total. The smallest absolute Gasteiger partial charge is 0.337 e. The van der Waals surface area contributed by atoms with E-state index in [0.29, 0.717) is 23.4 Å². The summed E-state index contributed by atoms with van der Waals surface area (Å²) in [6.45, 7) is 2.98. The van der Waals surface area contributed by atoms with Crippen molar-refractivity contribution in [1.29, 1.82) is 0 Å². The van der Waals surface area contributed by atoms with Crippen LogP contribution in [0.4, 0.5) is 4.39 Å². The van der Waals surface area contributed by atoms with Crippen molar-refractivity contribution in [3.05, 3.63) is 92.6 Å². The SMILES string of the molecule is Cc1ccccc1-n1c(=O)n(C[C@@H]2CCCO2)c(=O)c2c1ncn2Cc1cccc(F)c1. The number of para-hydroxylation sites is 1. The molecule has 0 unspecified atom stereocenters. The molecular weight excluding hydrogens is 411 g/mol. The average Bonchev–Trinajstić information content (AvgIpc) is 3.43. The van der Waals surface area contributed by atoms with Crippen LogP contribution in [0.15, 0.2) is 64.4 Å². The second kappa shape index (κ2) is 8.20. The number of aryl methyl sites for hydroxylation is 1. The second-order valence-electron chi connectivity index (χ2n) is 8.13. The second-order valence-corrected chi connectivity index (χ2v) is 8.13. The van der Waals surface area contributed by atoms with Crippen LogP contribution in [0.3, 0.4) is 0 Å². The molecule has 0 spiro atoms. The summed E-state index contributed by atoms with van der Waals surface area (Å²) in [5.41, 5.74) is 1.98. The van der Waals surface area contributed by atoms with E-state index in [4.69, 9.17) is 4.74 Å². The monoisotopic (exact) mass is 434 g/mol. The van der Waals surface area contributed by atoms with Gasteiger partial charge in [-0.2, -0.15) is 0 Å². The first-order valence-corrected chi connectivity index (χ1v) is 10.7. The highest BCUT2D eigenvalue weighted by atomic mass is 19.1. The van der Waals surface area contributed by atoms with Crippen molar-refractivity contribution >= 4 is 11.2 Å². The van der Waals surface area contributed by atoms with Gasteiger partial charge in [-0.15, -0.1) is 0 Å². The number of imidazole rings is 1. The molecule has 0 N–H and O–H groups in total. The molecular formula is C24H23FN4O3. The zero-order valence-corrected chi connectivity index (χ0v) is 17.7. The van der Waals surface area contributed by atoms with Gasteiger partial charge < -0.3 is 9.30 Å². The number of ether oxygens (including phenoxy) is 1. The number of hydrogen-bond acceptors (Lipinski definition) is 4. The predicted octanol–water partition coefficient (Wildman–Crippen LogP) is 3.02. The Hall–Kier alpha value is -3.52. The Kier molecular flexibility index (Phi) is 5.22. The van der Waals surface area contributed by atoms with Gasteiger partial charge >= 0.3 is 5.69 Å². The third-order valence-electron chi connectivity index (χ3n) is 5.91. The summed E-state index contributed by atoms with van der Waals surface area (Å²) in [6.07, 6.45) is 3.06. The van der Waals surface area contributed by atoms with Crippen molar-refractivity contribution in [3.63, 3.8) is 0 Å². The molecule has 1 fully saturated rings. The first kappa shape index (κ1) is 20.4. The Morgan fingerprint density at radius 1 is 1.16 bits per heavy atom. The molecule has 0 aliphatic carbocycles. The average molecular weight is 434 g/mol. The zero-order valence-electron chi connectivity index (χ0n) is 17.7. The van der Waals surface area contributed by atoms with Crippen LogP contribution < -0.4 is 11.2 Å². The Bertz CT molecular complexity index is 1410. The van der Waals surface area contributed by atoms with Gasteiger partial charge in [0.25, 0.3) is 5.56 Å². The van der Waals surface area contributed by atoms with E-state index in [2.05, 4.69) is 4.98 Å². The molecule has 4 aromatic rings. The molecule has 1 saturated heterocycles. The molecule has 2 aromatic carbocycles. The summed E-state index contributed by atoms with van der Waals surface area (Å²) in [7, 11) is 0. The van der Waals surface area contributed by atoms with Crippen LogP contribution in [0.2, 0.25) is 0 Å². The highest BCUT2D eigenvalue weighted by molar-refractivity contribution is 5.73. The quantitative estimate of drug-likeness (QED) is 0.484. The van der Waals surface area contributed by atoms with Crippen molar-refractivity contribution in [2.45, 2.75) is 39.0 Å². The van der Waals surface area contributed by atoms with Gasteiger partial charge in [0.2, 0.25) is 0 Å². The van der Waals surface area contributed by atoms with E-state index in [1.807, 2.05) is 31.2 Å². The molecule has 5 rings (SSSR count). The van der Waals surface area contributed by atoms with Crippen LogP contribution in [0.5, 0.6) is 0 Å². The first-order valence-electron chi connectivity index (χ1n) is 10.7.